The highest BCUT2D eigenvalue weighted by Crippen LogP contribution is 2.11. The minimum absolute atomic E-state index is 0.465. The second kappa shape index (κ2) is 4.71. The van der Waals surface area contributed by atoms with Gasteiger partial charge in [-0.15, -0.1) is 0 Å². The Morgan fingerprint density at radius 3 is 3.29 bits per heavy atom. The van der Waals surface area contributed by atoms with Gasteiger partial charge in [0.25, 0.3) is 0 Å². The standard InChI is InChI=1S/C12H16N4O/c1-2-6-13-10(3-1)9-17-12-5-8-16-11(15-12)4-7-14-16/h4-5,7-8,10,13H,1-3,6,9H2. The summed E-state index contributed by atoms with van der Waals surface area (Å²) >= 11 is 0. The Morgan fingerprint density at radius 2 is 2.41 bits per heavy atom. The molecular formula is C12H16N4O. The van der Waals surface area contributed by atoms with E-state index < -0.39 is 0 Å². The third kappa shape index (κ3) is 2.39. The molecule has 0 saturated carbocycles. The first-order valence-electron chi connectivity index (χ1n) is 6.08. The maximum atomic E-state index is 5.71. The van der Waals surface area contributed by atoms with Crippen LogP contribution in [-0.2, 0) is 0 Å². The number of ether oxygens (including phenoxy) is 1. The molecule has 17 heavy (non-hydrogen) atoms. The molecule has 0 bridgehead atoms. The van der Waals surface area contributed by atoms with Crippen LogP contribution >= 0.6 is 0 Å². The van der Waals surface area contributed by atoms with E-state index in [0.29, 0.717) is 18.5 Å². The lowest BCUT2D eigenvalue weighted by Gasteiger charge is -2.23. The van der Waals surface area contributed by atoms with Gasteiger partial charge in [0.1, 0.15) is 6.61 Å². The second-order valence-electron chi connectivity index (χ2n) is 4.36. The number of nitrogens with one attached hydrogen (secondary N) is 1. The van der Waals surface area contributed by atoms with Crippen LogP contribution in [0.25, 0.3) is 5.65 Å². The lowest BCUT2D eigenvalue weighted by molar-refractivity contribution is 0.232. The smallest absolute Gasteiger partial charge is 0.216 e. The molecule has 1 unspecified atom stereocenters. The first kappa shape index (κ1) is 10.5. The third-order valence-electron chi connectivity index (χ3n) is 3.08. The monoisotopic (exact) mass is 232 g/mol. The van der Waals surface area contributed by atoms with Crippen molar-refractivity contribution in [2.45, 2.75) is 25.3 Å². The molecule has 2 aromatic heterocycles. The van der Waals surface area contributed by atoms with Gasteiger partial charge in [0.15, 0.2) is 5.65 Å². The quantitative estimate of drug-likeness (QED) is 0.865. The summed E-state index contributed by atoms with van der Waals surface area (Å²) in [4.78, 5) is 4.37. The summed E-state index contributed by atoms with van der Waals surface area (Å²) in [6, 6.07) is 4.18. The van der Waals surface area contributed by atoms with Crippen LogP contribution in [0.5, 0.6) is 5.88 Å². The van der Waals surface area contributed by atoms with Crippen molar-refractivity contribution in [1.82, 2.24) is 19.9 Å². The third-order valence-corrected chi connectivity index (χ3v) is 3.08. The molecule has 3 heterocycles. The highest BCUT2D eigenvalue weighted by molar-refractivity contribution is 5.37. The Bertz CT molecular complexity index is 490. The molecule has 0 radical (unpaired) electrons. The number of fused-ring (bicyclic) bond motifs is 1. The van der Waals surface area contributed by atoms with Crippen molar-refractivity contribution in [2.75, 3.05) is 13.2 Å². The van der Waals surface area contributed by atoms with E-state index in [-0.39, 0.29) is 0 Å². The molecule has 1 atom stereocenters. The first-order chi connectivity index (χ1) is 8.42. The number of aromatic nitrogens is 3. The van der Waals surface area contributed by atoms with E-state index in [4.69, 9.17) is 4.74 Å². The molecule has 5 heteroatoms. The van der Waals surface area contributed by atoms with E-state index in [1.165, 1.54) is 19.3 Å². The predicted octanol–water partition coefficient (Wildman–Crippen LogP) is 1.25. The molecule has 0 amide bonds. The molecule has 90 valence electrons. The van der Waals surface area contributed by atoms with Gasteiger partial charge in [0.2, 0.25) is 5.88 Å². The largest absolute Gasteiger partial charge is 0.476 e. The highest BCUT2D eigenvalue weighted by atomic mass is 16.5. The lowest BCUT2D eigenvalue weighted by atomic mass is 10.1. The minimum atomic E-state index is 0.465. The van der Waals surface area contributed by atoms with Gasteiger partial charge in [-0.2, -0.15) is 10.1 Å². The van der Waals surface area contributed by atoms with Crippen molar-refractivity contribution in [2.24, 2.45) is 0 Å². The van der Waals surface area contributed by atoms with Gasteiger partial charge in [-0.05, 0) is 19.4 Å². The number of hydrogen-bond donors (Lipinski definition) is 1. The van der Waals surface area contributed by atoms with Crippen molar-refractivity contribution >= 4 is 5.65 Å². The topological polar surface area (TPSA) is 51.5 Å². The van der Waals surface area contributed by atoms with Crippen LogP contribution < -0.4 is 10.1 Å². The average Bonchev–Trinajstić information content (AvgIpc) is 2.85. The SMILES string of the molecule is c1cc2nc(OCC3CCCCN3)ccn2n1. The highest BCUT2D eigenvalue weighted by Gasteiger charge is 2.13. The fourth-order valence-corrected chi connectivity index (χ4v) is 2.13. The summed E-state index contributed by atoms with van der Waals surface area (Å²) in [6.45, 7) is 1.79. The Morgan fingerprint density at radius 1 is 1.41 bits per heavy atom. The van der Waals surface area contributed by atoms with E-state index in [2.05, 4.69) is 15.4 Å². The van der Waals surface area contributed by atoms with E-state index in [9.17, 15) is 0 Å². The van der Waals surface area contributed by atoms with Crippen LogP contribution in [0, 0.1) is 0 Å². The summed E-state index contributed by atoms with van der Waals surface area (Å²) in [5.74, 6) is 0.672. The molecule has 5 nitrogen and oxygen atoms in total. The molecule has 0 aliphatic carbocycles. The van der Waals surface area contributed by atoms with Crippen molar-refractivity contribution in [1.29, 1.82) is 0 Å². The van der Waals surface area contributed by atoms with E-state index >= 15 is 0 Å². The molecular weight excluding hydrogens is 216 g/mol. The molecule has 1 aliphatic heterocycles. The molecule has 1 fully saturated rings. The van der Waals surface area contributed by atoms with Crippen molar-refractivity contribution in [3.63, 3.8) is 0 Å². The fraction of sp³-hybridized carbons (Fsp3) is 0.500. The van der Waals surface area contributed by atoms with E-state index in [1.807, 2.05) is 18.3 Å². The zero-order chi connectivity index (χ0) is 11.5. The van der Waals surface area contributed by atoms with E-state index in [1.54, 1.807) is 10.7 Å². The molecule has 3 rings (SSSR count). The van der Waals surface area contributed by atoms with Gasteiger partial charge in [-0.3, -0.25) is 0 Å². The summed E-state index contributed by atoms with van der Waals surface area (Å²) in [5.41, 5.74) is 0.819. The summed E-state index contributed by atoms with van der Waals surface area (Å²) < 4.78 is 7.44. The first-order valence-corrected chi connectivity index (χ1v) is 6.08. The predicted molar refractivity (Wildman–Crippen MR) is 64.1 cm³/mol. The minimum Gasteiger partial charge on any atom is -0.476 e. The van der Waals surface area contributed by atoms with Crippen LogP contribution in [0.4, 0.5) is 0 Å². The molecule has 1 N–H and O–H groups in total. The van der Waals surface area contributed by atoms with Gasteiger partial charge in [0, 0.05) is 24.4 Å². The molecule has 0 spiro atoms. The van der Waals surface area contributed by atoms with Crippen LogP contribution in [-0.4, -0.2) is 33.8 Å². The Labute approximate surface area is 99.8 Å². The van der Waals surface area contributed by atoms with Gasteiger partial charge < -0.3 is 10.1 Å². The van der Waals surface area contributed by atoms with Gasteiger partial charge in [-0.25, -0.2) is 4.52 Å². The Hall–Kier alpha value is -1.62. The second-order valence-corrected chi connectivity index (χ2v) is 4.36. The van der Waals surface area contributed by atoms with Crippen LogP contribution in [0.15, 0.2) is 24.5 Å². The molecule has 1 saturated heterocycles. The molecule has 0 aromatic carbocycles. The van der Waals surface area contributed by atoms with E-state index in [0.717, 1.165) is 12.2 Å². The zero-order valence-corrected chi connectivity index (χ0v) is 9.67. The zero-order valence-electron chi connectivity index (χ0n) is 9.67. The van der Waals surface area contributed by atoms with Crippen molar-refractivity contribution in [3.05, 3.63) is 24.5 Å². The summed E-state index contributed by atoms with van der Waals surface area (Å²) in [5, 5.41) is 7.55. The van der Waals surface area contributed by atoms with Crippen LogP contribution in [0.1, 0.15) is 19.3 Å². The fourth-order valence-electron chi connectivity index (χ4n) is 2.13. The Balaban J connectivity index is 1.63. The number of piperidine rings is 1. The number of rotatable bonds is 3. The average molecular weight is 232 g/mol. The van der Waals surface area contributed by atoms with Gasteiger partial charge in [0.05, 0.1) is 6.20 Å². The summed E-state index contributed by atoms with van der Waals surface area (Å²) in [7, 11) is 0. The van der Waals surface area contributed by atoms with Gasteiger partial charge >= 0.3 is 0 Å². The molecule has 1 aliphatic rings. The van der Waals surface area contributed by atoms with Crippen LogP contribution in [0.3, 0.4) is 0 Å². The number of hydrogen-bond acceptors (Lipinski definition) is 4. The lowest BCUT2D eigenvalue weighted by Crippen LogP contribution is -2.38. The maximum Gasteiger partial charge on any atom is 0.216 e. The Kier molecular flexibility index (Phi) is 2.92. The summed E-state index contributed by atoms with van der Waals surface area (Å²) in [6.07, 6.45) is 7.35. The van der Waals surface area contributed by atoms with Crippen LogP contribution in [0.2, 0.25) is 0 Å². The number of nitrogens with zero attached hydrogens (tertiary/aromatic N) is 3. The maximum absolute atomic E-state index is 5.71. The van der Waals surface area contributed by atoms with Gasteiger partial charge in [-0.1, -0.05) is 6.42 Å². The van der Waals surface area contributed by atoms with Crippen molar-refractivity contribution < 1.29 is 4.74 Å². The normalized spacial score (nSPS) is 20.6. The molecule has 2 aromatic rings. The van der Waals surface area contributed by atoms with Crippen molar-refractivity contribution in [3.8, 4) is 5.88 Å².